The lowest BCUT2D eigenvalue weighted by Crippen LogP contribution is -2.10. The Hall–Kier alpha value is -1.52. The number of rotatable bonds is 4. The van der Waals surface area contributed by atoms with E-state index in [1.165, 1.54) is 16.5 Å². The topological polar surface area (TPSA) is 29.5 Å². The Balaban J connectivity index is 1.68. The highest BCUT2D eigenvalue weighted by atomic mass is 32.2. The van der Waals surface area contributed by atoms with Gasteiger partial charge in [-0.1, -0.05) is 18.2 Å². The van der Waals surface area contributed by atoms with E-state index in [0.717, 1.165) is 5.75 Å². The SMILES string of the molecule is CC(O)c1ccc(OCC2CSc3ccccc32)cc1F. The lowest BCUT2D eigenvalue weighted by molar-refractivity contribution is 0.194. The molecule has 2 aromatic carbocycles. The first kappa shape index (κ1) is 14.4. The molecular weight excluding hydrogens is 287 g/mol. The molecule has 1 aliphatic rings. The Kier molecular flexibility index (Phi) is 4.17. The summed E-state index contributed by atoms with van der Waals surface area (Å²) in [5.74, 6) is 1.41. The summed E-state index contributed by atoms with van der Waals surface area (Å²) in [5.41, 5.74) is 1.60. The second-order valence-electron chi connectivity index (χ2n) is 5.22. The van der Waals surface area contributed by atoms with Gasteiger partial charge in [0.25, 0.3) is 0 Å². The van der Waals surface area contributed by atoms with Crippen LogP contribution in [0.3, 0.4) is 0 Å². The summed E-state index contributed by atoms with van der Waals surface area (Å²) >= 11 is 1.83. The quantitative estimate of drug-likeness (QED) is 0.920. The summed E-state index contributed by atoms with van der Waals surface area (Å²) in [5, 5.41) is 9.42. The Labute approximate surface area is 128 Å². The predicted octanol–water partition coefficient (Wildman–Crippen LogP) is 4.15. The second kappa shape index (κ2) is 6.08. The van der Waals surface area contributed by atoms with Crippen molar-refractivity contribution in [2.24, 2.45) is 0 Å². The molecule has 0 saturated carbocycles. The Morgan fingerprint density at radius 3 is 2.90 bits per heavy atom. The molecular formula is C17H17FO2S. The van der Waals surface area contributed by atoms with Gasteiger partial charge in [0.05, 0.1) is 12.7 Å². The number of fused-ring (bicyclic) bond motifs is 1. The smallest absolute Gasteiger partial charge is 0.132 e. The van der Waals surface area contributed by atoms with Crippen molar-refractivity contribution in [3.8, 4) is 5.75 Å². The number of halogens is 1. The lowest BCUT2D eigenvalue weighted by Gasteiger charge is -2.14. The van der Waals surface area contributed by atoms with Crippen molar-refractivity contribution in [3.63, 3.8) is 0 Å². The number of hydrogen-bond acceptors (Lipinski definition) is 3. The maximum absolute atomic E-state index is 13.8. The number of aliphatic hydroxyl groups excluding tert-OH is 1. The molecule has 4 heteroatoms. The van der Waals surface area contributed by atoms with Gasteiger partial charge in [-0.25, -0.2) is 4.39 Å². The zero-order valence-corrected chi connectivity index (χ0v) is 12.6. The Morgan fingerprint density at radius 1 is 1.33 bits per heavy atom. The minimum atomic E-state index is -0.808. The molecule has 3 rings (SSSR count). The number of hydrogen-bond donors (Lipinski definition) is 1. The molecule has 1 aliphatic heterocycles. The third-order valence-corrected chi connectivity index (χ3v) is 4.92. The maximum Gasteiger partial charge on any atom is 0.132 e. The van der Waals surface area contributed by atoms with E-state index in [4.69, 9.17) is 4.74 Å². The number of thioether (sulfide) groups is 1. The van der Waals surface area contributed by atoms with E-state index in [9.17, 15) is 9.50 Å². The highest BCUT2D eigenvalue weighted by Crippen LogP contribution is 2.39. The molecule has 0 saturated heterocycles. The van der Waals surface area contributed by atoms with Crippen LogP contribution < -0.4 is 4.74 Å². The summed E-state index contributed by atoms with van der Waals surface area (Å²) in [7, 11) is 0. The van der Waals surface area contributed by atoms with Gasteiger partial charge in [0, 0.05) is 28.2 Å². The molecule has 0 fully saturated rings. The fourth-order valence-corrected chi connectivity index (χ4v) is 3.73. The van der Waals surface area contributed by atoms with Crippen molar-refractivity contribution in [3.05, 3.63) is 59.4 Å². The molecule has 2 aromatic rings. The Bertz CT molecular complexity index is 642. The lowest BCUT2D eigenvalue weighted by atomic mass is 10.0. The molecule has 0 bridgehead atoms. The van der Waals surface area contributed by atoms with Crippen molar-refractivity contribution < 1.29 is 14.2 Å². The molecule has 110 valence electrons. The van der Waals surface area contributed by atoms with E-state index < -0.39 is 11.9 Å². The third kappa shape index (κ3) is 3.06. The van der Waals surface area contributed by atoms with E-state index in [-0.39, 0.29) is 0 Å². The zero-order valence-electron chi connectivity index (χ0n) is 11.8. The van der Waals surface area contributed by atoms with E-state index in [0.29, 0.717) is 23.8 Å². The average Bonchev–Trinajstić information content (AvgIpc) is 2.88. The highest BCUT2D eigenvalue weighted by molar-refractivity contribution is 7.99. The molecule has 2 atom stereocenters. The van der Waals surface area contributed by atoms with Crippen LogP contribution in [0.2, 0.25) is 0 Å². The van der Waals surface area contributed by atoms with Gasteiger partial charge < -0.3 is 9.84 Å². The maximum atomic E-state index is 13.8. The first-order valence-corrected chi connectivity index (χ1v) is 7.95. The van der Waals surface area contributed by atoms with Gasteiger partial charge in [0.1, 0.15) is 11.6 Å². The predicted molar refractivity (Wildman–Crippen MR) is 82.4 cm³/mol. The van der Waals surface area contributed by atoms with Crippen LogP contribution in [0.5, 0.6) is 5.75 Å². The van der Waals surface area contributed by atoms with Crippen LogP contribution in [0.4, 0.5) is 4.39 Å². The van der Waals surface area contributed by atoms with Crippen molar-refractivity contribution in [1.82, 2.24) is 0 Å². The van der Waals surface area contributed by atoms with E-state index in [1.807, 2.05) is 23.9 Å². The van der Waals surface area contributed by atoms with Crippen LogP contribution in [0.1, 0.15) is 30.1 Å². The Morgan fingerprint density at radius 2 is 2.14 bits per heavy atom. The fraction of sp³-hybridized carbons (Fsp3) is 0.294. The molecule has 0 radical (unpaired) electrons. The first-order chi connectivity index (χ1) is 10.1. The van der Waals surface area contributed by atoms with Crippen LogP contribution in [0.15, 0.2) is 47.4 Å². The van der Waals surface area contributed by atoms with Gasteiger partial charge >= 0.3 is 0 Å². The van der Waals surface area contributed by atoms with Gasteiger partial charge in [-0.2, -0.15) is 0 Å². The molecule has 1 N–H and O–H groups in total. The van der Waals surface area contributed by atoms with Gasteiger partial charge in [0.15, 0.2) is 0 Å². The average molecular weight is 304 g/mol. The van der Waals surface area contributed by atoms with Gasteiger partial charge in [-0.3, -0.25) is 0 Å². The molecule has 21 heavy (non-hydrogen) atoms. The van der Waals surface area contributed by atoms with Crippen molar-refractivity contribution in [2.75, 3.05) is 12.4 Å². The standard InChI is InChI=1S/C17H17FO2S/c1-11(19)14-7-6-13(8-16(14)18)20-9-12-10-21-17-5-3-2-4-15(12)17/h2-8,11-12,19H,9-10H2,1H3. The number of aliphatic hydroxyl groups is 1. The largest absolute Gasteiger partial charge is 0.493 e. The van der Waals surface area contributed by atoms with Gasteiger partial charge in [-0.15, -0.1) is 11.8 Å². The van der Waals surface area contributed by atoms with Gasteiger partial charge in [0.2, 0.25) is 0 Å². The van der Waals surface area contributed by atoms with E-state index >= 15 is 0 Å². The highest BCUT2D eigenvalue weighted by Gasteiger charge is 2.23. The molecule has 0 aliphatic carbocycles. The van der Waals surface area contributed by atoms with Crippen molar-refractivity contribution >= 4 is 11.8 Å². The van der Waals surface area contributed by atoms with Gasteiger partial charge in [-0.05, 0) is 30.7 Å². The first-order valence-electron chi connectivity index (χ1n) is 6.97. The number of ether oxygens (including phenoxy) is 1. The van der Waals surface area contributed by atoms with Crippen molar-refractivity contribution in [2.45, 2.75) is 23.8 Å². The molecule has 1 heterocycles. The summed E-state index contributed by atoms with van der Waals surface area (Å²) in [6, 6.07) is 13.0. The minimum Gasteiger partial charge on any atom is -0.493 e. The molecule has 2 unspecified atom stereocenters. The molecule has 2 nitrogen and oxygen atoms in total. The molecule has 0 amide bonds. The zero-order chi connectivity index (χ0) is 14.8. The minimum absolute atomic E-state index is 0.295. The van der Waals surface area contributed by atoms with Crippen LogP contribution in [0, 0.1) is 5.82 Å². The normalized spacial score (nSPS) is 18.3. The summed E-state index contributed by atoms with van der Waals surface area (Å²) in [6.07, 6.45) is -0.808. The third-order valence-electron chi connectivity index (χ3n) is 3.67. The van der Waals surface area contributed by atoms with Crippen LogP contribution in [-0.2, 0) is 0 Å². The summed E-state index contributed by atoms with van der Waals surface area (Å²) in [4.78, 5) is 1.31. The summed E-state index contributed by atoms with van der Waals surface area (Å²) in [6.45, 7) is 2.09. The van der Waals surface area contributed by atoms with E-state index in [1.54, 1.807) is 19.1 Å². The van der Waals surface area contributed by atoms with E-state index in [2.05, 4.69) is 12.1 Å². The molecule has 0 spiro atoms. The number of benzene rings is 2. The van der Waals surface area contributed by atoms with Crippen molar-refractivity contribution in [1.29, 1.82) is 0 Å². The molecule has 0 aromatic heterocycles. The second-order valence-corrected chi connectivity index (χ2v) is 6.28. The van der Waals surface area contributed by atoms with Crippen LogP contribution in [-0.4, -0.2) is 17.5 Å². The fourth-order valence-electron chi connectivity index (χ4n) is 2.50. The van der Waals surface area contributed by atoms with Crippen LogP contribution in [0.25, 0.3) is 0 Å². The summed E-state index contributed by atoms with van der Waals surface area (Å²) < 4.78 is 19.5. The monoisotopic (exact) mass is 304 g/mol. The van der Waals surface area contributed by atoms with Crippen LogP contribution >= 0.6 is 11.8 Å².